The van der Waals surface area contributed by atoms with Gasteiger partial charge in [-0.25, -0.2) is 0 Å². The zero-order chi connectivity index (χ0) is 13.7. The lowest BCUT2D eigenvalue weighted by atomic mass is 10.1. The van der Waals surface area contributed by atoms with Crippen molar-refractivity contribution in [2.45, 2.75) is 38.8 Å². The Morgan fingerprint density at radius 3 is 2.68 bits per heavy atom. The molecular weight excluding hydrogens is 238 g/mol. The number of nitrogens with one attached hydrogen (secondary N) is 1. The van der Waals surface area contributed by atoms with E-state index in [9.17, 15) is 0 Å². The number of ether oxygens (including phenoxy) is 1. The Labute approximate surface area is 116 Å². The van der Waals surface area contributed by atoms with Gasteiger partial charge in [-0.05, 0) is 38.4 Å². The van der Waals surface area contributed by atoms with E-state index in [4.69, 9.17) is 4.74 Å². The van der Waals surface area contributed by atoms with E-state index in [2.05, 4.69) is 41.2 Å². The zero-order valence-corrected chi connectivity index (χ0v) is 12.2. The van der Waals surface area contributed by atoms with Gasteiger partial charge < -0.3 is 15.0 Å². The highest BCUT2D eigenvalue weighted by molar-refractivity contribution is 5.45. The molecule has 0 bridgehead atoms. The summed E-state index contributed by atoms with van der Waals surface area (Å²) >= 11 is 0. The number of rotatable bonds is 5. The maximum Gasteiger partial charge on any atom is 0.0605 e. The highest BCUT2D eigenvalue weighted by Gasteiger charge is 2.19. The minimum atomic E-state index is 0.318. The average Bonchev–Trinajstić information content (AvgIpc) is 2.48. The molecule has 1 unspecified atom stereocenters. The maximum atomic E-state index is 5.40. The van der Waals surface area contributed by atoms with Gasteiger partial charge in [-0.15, -0.1) is 0 Å². The van der Waals surface area contributed by atoms with Crippen LogP contribution in [0.5, 0.6) is 0 Å². The molecule has 2 heterocycles. The third kappa shape index (κ3) is 3.67. The quantitative estimate of drug-likeness (QED) is 0.885. The molecule has 19 heavy (non-hydrogen) atoms. The topological polar surface area (TPSA) is 37.4 Å². The molecule has 1 fully saturated rings. The summed E-state index contributed by atoms with van der Waals surface area (Å²) in [5.41, 5.74) is 2.33. The number of anilines is 1. The predicted octanol–water partition coefficient (Wildman–Crippen LogP) is 2.37. The van der Waals surface area contributed by atoms with Crippen LogP contribution in [0.15, 0.2) is 18.3 Å². The highest BCUT2D eigenvalue weighted by atomic mass is 16.5. The van der Waals surface area contributed by atoms with Crippen LogP contribution in [-0.4, -0.2) is 37.8 Å². The van der Waals surface area contributed by atoms with Crippen molar-refractivity contribution < 1.29 is 4.74 Å². The third-order valence-electron chi connectivity index (χ3n) is 3.87. The Kier molecular flexibility index (Phi) is 5.16. The van der Waals surface area contributed by atoms with E-state index in [0.717, 1.165) is 38.2 Å². The summed E-state index contributed by atoms with van der Waals surface area (Å²) in [5.74, 6) is 0. The normalized spacial score (nSPS) is 18.6. The van der Waals surface area contributed by atoms with Gasteiger partial charge in [-0.1, -0.05) is 6.92 Å². The lowest BCUT2D eigenvalue weighted by Gasteiger charge is -2.32. The monoisotopic (exact) mass is 263 g/mol. The first kappa shape index (κ1) is 14.3. The van der Waals surface area contributed by atoms with Crippen LogP contribution in [-0.2, 0) is 4.74 Å². The number of pyridine rings is 1. The number of hydrogen-bond donors (Lipinski definition) is 1. The number of piperidine rings is 1. The molecule has 1 aromatic heterocycles. The molecule has 4 heteroatoms. The van der Waals surface area contributed by atoms with Gasteiger partial charge in [0.05, 0.1) is 23.7 Å². The first-order chi connectivity index (χ1) is 9.24. The maximum absolute atomic E-state index is 5.40. The molecule has 0 spiro atoms. The second-order valence-corrected chi connectivity index (χ2v) is 5.14. The van der Waals surface area contributed by atoms with E-state index < -0.39 is 0 Å². The lowest BCUT2D eigenvalue weighted by molar-refractivity contribution is 0.0819. The standard InChI is InChI=1S/C15H25N3O/c1-4-16-12(2)15-6-5-13(11-17-15)18-9-7-14(19-3)8-10-18/h5-6,11-12,14,16H,4,7-10H2,1-3H3. The average molecular weight is 263 g/mol. The number of aromatic nitrogens is 1. The van der Waals surface area contributed by atoms with Gasteiger partial charge in [0.2, 0.25) is 0 Å². The van der Waals surface area contributed by atoms with Crippen molar-refractivity contribution in [3.63, 3.8) is 0 Å². The molecule has 1 atom stereocenters. The van der Waals surface area contributed by atoms with Crippen LogP contribution in [0.1, 0.15) is 38.4 Å². The fraction of sp³-hybridized carbons (Fsp3) is 0.667. The molecule has 2 rings (SSSR count). The van der Waals surface area contributed by atoms with E-state index >= 15 is 0 Å². The van der Waals surface area contributed by atoms with E-state index in [1.807, 2.05) is 6.20 Å². The summed E-state index contributed by atoms with van der Waals surface area (Å²) in [6.45, 7) is 7.35. The van der Waals surface area contributed by atoms with Crippen LogP contribution in [0.2, 0.25) is 0 Å². The summed E-state index contributed by atoms with van der Waals surface area (Å²) in [4.78, 5) is 6.97. The number of hydrogen-bond acceptors (Lipinski definition) is 4. The van der Waals surface area contributed by atoms with Crippen LogP contribution < -0.4 is 10.2 Å². The Hall–Kier alpha value is -1.13. The molecular formula is C15H25N3O. The Balaban J connectivity index is 1.95. The van der Waals surface area contributed by atoms with Crippen molar-refractivity contribution in [3.8, 4) is 0 Å². The molecule has 0 radical (unpaired) electrons. The summed E-state index contributed by atoms with van der Waals surface area (Å²) in [6, 6.07) is 4.63. The summed E-state index contributed by atoms with van der Waals surface area (Å²) in [7, 11) is 1.80. The van der Waals surface area contributed by atoms with Gasteiger partial charge in [0.25, 0.3) is 0 Å². The van der Waals surface area contributed by atoms with Crippen LogP contribution in [0.4, 0.5) is 5.69 Å². The molecule has 106 valence electrons. The fourth-order valence-corrected chi connectivity index (χ4v) is 2.60. The van der Waals surface area contributed by atoms with Gasteiger partial charge >= 0.3 is 0 Å². The van der Waals surface area contributed by atoms with Crippen molar-refractivity contribution >= 4 is 5.69 Å². The first-order valence-electron chi connectivity index (χ1n) is 7.21. The van der Waals surface area contributed by atoms with Crippen LogP contribution in [0, 0.1) is 0 Å². The largest absolute Gasteiger partial charge is 0.381 e. The first-order valence-corrected chi connectivity index (χ1v) is 7.21. The van der Waals surface area contributed by atoms with E-state index in [-0.39, 0.29) is 0 Å². The van der Waals surface area contributed by atoms with Crippen LogP contribution in [0.25, 0.3) is 0 Å². The predicted molar refractivity (Wildman–Crippen MR) is 78.6 cm³/mol. The molecule has 1 aliphatic rings. The molecule has 0 aliphatic carbocycles. The summed E-state index contributed by atoms with van der Waals surface area (Å²) in [6.07, 6.45) is 4.63. The van der Waals surface area contributed by atoms with Gasteiger partial charge in [0.15, 0.2) is 0 Å². The van der Waals surface area contributed by atoms with Crippen molar-refractivity contribution in [3.05, 3.63) is 24.0 Å². The summed E-state index contributed by atoms with van der Waals surface area (Å²) < 4.78 is 5.40. The van der Waals surface area contributed by atoms with Gasteiger partial charge in [0.1, 0.15) is 0 Å². The minimum Gasteiger partial charge on any atom is -0.381 e. The van der Waals surface area contributed by atoms with Crippen molar-refractivity contribution in [1.29, 1.82) is 0 Å². The third-order valence-corrected chi connectivity index (χ3v) is 3.87. The number of methoxy groups -OCH3 is 1. The van der Waals surface area contributed by atoms with Gasteiger partial charge in [0, 0.05) is 26.2 Å². The van der Waals surface area contributed by atoms with Crippen molar-refractivity contribution in [1.82, 2.24) is 10.3 Å². The molecule has 1 saturated heterocycles. The second-order valence-electron chi connectivity index (χ2n) is 5.14. The van der Waals surface area contributed by atoms with Crippen LogP contribution in [0.3, 0.4) is 0 Å². The molecule has 0 saturated carbocycles. The molecule has 1 aromatic rings. The van der Waals surface area contributed by atoms with E-state index in [1.54, 1.807) is 7.11 Å². The van der Waals surface area contributed by atoms with Gasteiger partial charge in [-0.2, -0.15) is 0 Å². The van der Waals surface area contributed by atoms with Crippen LogP contribution >= 0.6 is 0 Å². The summed E-state index contributed by atoms with van der Waals surface area (Å²) in [5, 5.41) is 3.38. The highest BCUT2D eigenvalue weighted by Crippen LogP contribution is 2.21. The van der Waals surface area contributed by atoms with E-state index in [0.29, 0.717) is 12.1 Å². The Morgan fingerprint density at radius 1 is 1.42 bits per heavy atom. The molecule has 0 aromatic carbocycles. The second kappa shape index (κ2) is 6.87. The fourth-order valence-electron chi connectivity index (χ4n) is 2.60. The minimum absolute atomic E-state index is 0.318. The SMILES string of the molecule is CCNC(C)c1ccc(N2CCC(OC)CC2)cn1. The number of nitrogens with zero attached hydrogens (tertiary/aromatic N) is 2. The Morgan fingerprint density at radius 2 is 2.16 bits per heavy atom. The molecule has 4 nitrogen and oxygen atoms in total. The van der Waals surface area contributed by atoms with Crippen molar-refractivity contribution in [2.24, 2.45) is 0 Å². The van der Waals surface area contributed by atoms with Gasteiger partial charge in [-0.3, -0.25) is 4.98 Å². The smallest absolute Gasteiger partial charge is 0.0605 e. The van der Waals surface area contributed by atoms with Crippen molar-refractivity contribution in [2.75, 3.05) is 31.6 Å². The molecule has 0 amide bonds. The lowest BCUT2D eigenvalue weighted by Crippen LogP contribution is -2.36. The Bertz CT molecular complexity index is 371. The van der Waals surface area contributed by atoms with E-state index in [1.165, 1.54) is 5.69 Å². The molecule has 1 aliphatic heterocycles. The zero-order valence-electron chi connectivity index (χ0n) is 12.2. The molecule has 1 N–H and O–H groups in total.